The highest BCUT2D eigenvalue weighted by molar-refractivity contribution is 4.47. The van der Waals surface area contributed by atoms with Crippen LogP contribution < -0.4 is 0 Å². The van der Waals surface area contributed by atoms with Crippen molar-refractivity contribution in [2.45, 2.75) is 19.4 Å². The Balaban J connectivity index is 2.88. The maximum atomic E-state index is 8.88. The molecule has 0 fully saturated rings. The molecule has 0 aliphatic carbocycles. The summed E-state index contributed by atoms with van der Waals surface area (Å²) >= 11 is 0. The molecule has 1 unspecified atom stereocenters. The number of hydrogen-bond donors (Lipinski definition) is 2. The first-order chi connectivity index (χ1) is 4.31. The Morgan fingerprint density at radius 3 is 2.67 bits per heavy atom. The van der Waals surface area contributed by atoms with Crippen molar-refractivity contribution in [3.8, 4) is 0 Å². The van der Waals surface area contributed by atoms with Gasteiger partial charge in [0.1, 0.15) is 0 Å². The van der Waals surface area contributed by atoms with Gasteiger partial charge in [-0.3, -0.25) is 0 Å². The SMILES string of the molecule is CCC(O)COCCO. The van der Waals surface area contributed by atoms with E-state index in [0.717, 1.165) is 0 Å². The number of rotatable bonds is 5. The van der Waals surface area contributed by atoms with Gasteiger partial charge >= 0.3 is 0 Å². The molecule has 0 saturated carbocycles. The minimum Gasteiger partial charge on any atom is -0.394 e. The molecule has 2 N–H and O–H groups in total. The summed E-state index contributed by atoms with van der Waals surface area (Å²) in [7, 11) is 0. The third-order valence-electron chi connectivity index (χ3n) is 1.02. The first-order valence-electron chi connectivity index (χ1n) is 3.18. The van der Waals surface area contributed by atoms with E-state index in [9.17, 15) is 0 Å². The molecule has 9 heavy (non-hydrogen) atoms. The summed E-state index contributed by atoms with van der Waals surface area (Å²) in [5.41, 5.74) is 0. The van der Waals surface area contributed by atoms with E-state index in [0.29, 0.717) is 19.6 Å². The second-order valence-corrected chi connectivity index (χ2v) is 1.86. The maximum absolute atomic E-state index is 8.88. The molecule has 1 atom stereocenters. The number of aliphatic hydroxyl groups excluding tert-OH is 2. The van der Waals surface area contributed by atoms with Gasteiger partial charge in [0.15, 0.2) is 0 Å². The second-order valence-electron chi connectivity index (χ2n) is 1.86. The quantitative estimate of drug-likeness (QED) is 0.510. The van der Waals surface area contributed by atoms with E-state index in [1.54, 1.807) is 0 Å². The normalized spacial score (nSPS) is 13.7. The highest BCUT2D eigenvalue weighted by Crippen LogP contribution is 1.89. The summed E-state index contributed by atoms with van der Waals surface area (Å²) in [5.74, 6) is 0. The fourth-order valence-corrected chi connectivity index (χ4v) is 0.402. The average Bonchev–Trinajstić information content (AvgIpc) is 1.89. The van der Waals surface area contributed by atoms with E-state index in [4.69, 9.17) is 14.9 Å². The predicted molar refractivity (Wildman–Crippen MR) is 34.2 cm³/mol. The summed E-state index contributed by atoms with van der Waals surface area (Å²) in [6.45, 7) is 2.55. The van der Waals surface area contributed by atoms with Crippen LogP contribution in [-0.4, -0.2) is 36.1 Å². The van der Waals surface area contributed by atoms with E-state index in [1.807, 2.05) is 6.92 Å². The minimum absolute atomic E-state index is 0.0242. The van der Waals surface area contributed by atoms with Crippen molar-refractivity contribution in [1.29, 1.82) is 0 Å². The van der Waals surface area contributed by atoms with Crippen LogP contribution >= 0.6 is 0 Å². The fourth-order valence-electron chi connectivity index (χ4n) is 0.402. The van der Waals surface area contributed by atoms with Gasteiger partial charge in [-0.25, -0.2) is 0 Å². The predicted octanol–water partition coefficient (Wildman–Crippen LogP) is -0.234. The molecule has 0 aliphatic rings. The summed E-state index contributed by atoms with van der Waals surface area (Å²) < 4.78 is 4.84. The van der Waals surface area contributed by atoms with Crippen molar-refractivity contribution in [2.75, 3.05) is 19.8 Å². The molecule has 56 valence electrons. The van der Waals surface area contributed by atoms with Crippen LogP contribution in [0.1, 0.15) is 13.3 Å². The van der Waals surface area contributed by atoms with Gasteiger partial charge in [-0.1, -0.05) is 6.92 Å². The van der Waals surface area contributed by atoms with Crippen molar-refractivity contribution < 1.29 is 14.9 Å². The number of ether oxygens (including phenoxy) is 1. The molecule has 0 radical (unpaired) electrons. The van der Waals surface area contributed by atoms with Gasteiger partial charge in [0.25, 0.3) is 0 Å². The first-order valence-corrected chi connectivity index (χ1v) is 3.18. The van der Waals surface area contributed by atoms with Crippen LogP contribution in [-0.2, 0) is 4.74 Å². The van der Waals surface area contributed by atoms with Crippen LogP contribution in [0.4, 0.5) is 0 Å². The van der Waals surface area contributed by atoms with Crippen LogP contribution in [0, 0.1) is 0 Å². The van der Waals surface area contributed by atoms with E-state index >= 15 is 0 Å². The third-order valence-corrected chi connectivity index (χ3v) is 1.02. The number of aliphatic hydroxyl groups is 2. The molecule has 0 spiro atoms. The molecule has 3 nitrogen and oxygen atoms in total. The lowest BCUT2D eigenvalue weighted by Crippen LogP contribution is -2.15. The third kappa shape index (κ3) is 5.76. The number of hydrogen-bond acceptors (Lipinski definition) is 3. The molecule has 0 aliphatic heterocycles. The Morgan fingerprint density at radius 1 is 1.56 bits per heavy atom. The van der Waals surface area contributed by atoms with Crippen LogP contribution in [0.3, 0.4) is 0 Å². The Hall–Kier alpha value is -0.120. The summed E-state index contributed by atoms with van der Waals surface area (Å²) in [4.78, 5) is 0. The van der Waals surface area contributed by atoms with Gasteiger partial charge in [-0.15, -0.1) is 0 Å². The molecular weight excluding hydrogens is 120 g/mol. The molecule has 0 rings (SSSR count). The van der Waals surface area contributed by atoms with Gasteiger partial charge in [-0.05, 0) is 6.42 Å². The van der Waals surface area contributed by atoms with Crippen molar-refractivity contribution in [1.82, 2.24) is 0 Å². The topological polar surface area (TPSA) is 49.7 Å². The zero-order valence-corrected chi connectivity index (χ0v) is 5.71. The molecule has 0 heterocycles. The van der Waals surface area contributed by atoms with Crippen LogP contribution in [0.25, 0.3) is 0 Å². The van der Waals surface area contributed by atoms with Gasteiger partial charge in [-0.2, -0.15) is 0 Å². The monoisotopic (exact) mass is 134 g/mol. The summed E-state index contributed by atoms with van der Waals surface area (Å²) in [6, 6.07) is 0. The molecule has 0 bridgehead atoms. The van der Waals surface area contributed by atoms with E-state index in [1.165, 1.54) is 0 Å². The van der Waals surface area contributed by atoms with Crippen molar-refractivity contribution in [3.05, 3.63) is 0 Å². The highest BCUT2D eigenvalue weighted by atomic mass is 16.5. The summed E-state index contributed by atoms with van der Waals surface area (Å²) in [6.07, 6.45) is 0.322. The van der Waals surface area contributed by atoms with Crippen LogP contribution in [0.2, 0.25) is 0 Å². The lowest BCUT2D eigenvalue weighted by atomic mass is 10.3. The van der Waals surface area contributed by atoms with Crippen LogP contribution in [0.15, 0.2) is 0 Å². The van der Waals surface area contributed by atoms with Crippen LogP contribution in [0.5, 0.6) is 0 Å². The largest absolute Gasteiger partial charge is 0.394 e. The first kappa shape index (κ1) is 8.88. The fraction of sp³-hybridized carbons (Fsp3) is 1.00. The molecular formula is C6H14O3. The molecule has 0 saturated heterocycles. The zero-order chi connectivity index (χ0) is 7.11. The van der Waals surface area contributed by atoms with E-state index in [2.05, 4.69) is 0 Å². The van der Waals surface area contributed by atoms with Gasteiger partial charge in [0.2, 0.25) is 0 Å². The smallest absolute Gasteiger partial charge is 0.0771 e. The Kier molecular flexibility index (Phi) is 5.93. The Morgan fingerprint density at radius 2 is 2.22 bits per heavy atom. The maximum Gasteiger partial charge on any atom is 0.0771 e. The average molecular weight is 134 g/mol. The summed E-state index contributed by atoms with van der Waals surface area (Å²) in [5, 5.41) is 17.1. The van der Waals surface area contributed by atoms with Crippen molar-refractivity contribution in [3.63, 3.8) is 0 Å². The lowest BCUT2D eigenvalue weighted by Gasteiger charge is -2.06. The molecule has 0 aromatic carbocycles. The van der Waals surface area contributed by atoms with Gasteiger partial charge in [0.05, 0.1) is 25.9 Å². The van der Waals surface area contributed by atoms with Gasteiger partial charge in [0, 0.05) is 0 Å². The molecule has 0 aromatic heterocycles. The molecule has 0 amide bonds. The zero-order valence-electron chi connectivity index (χ0n) is 5.71. The van der Waals surface area contributed by atoms with Gasteiger partial charge < -0.3 is 14.9 Å². The molecule has 3 heteroatoms. The van der Waals surface area contributed by atoms with E-state index < -0.39 is 0 Å². The van der Waals surface area contributed by atoms with Crippen molar-refractivity contribution >= 4 is 0 Å². The molecule has 0 aromatic rings. The highest BCUT2D eigenvalue weighted by Gasteiger charge is 1.97. The van der Waals surface area contributed by atoms with E-state index in [-0.39, 0.29) is 12.7 Å². The second kappa shape index (κ2) is 6.01. The standard InChI is InChI=1S/C6H14O3/c1-2-6(8)5-9-4-3-7/h6-8H,2-5H2,1H3. The lowest BCUT2D eigenvalue weighted by molar-refractivity contribution is 0.0201. The Bertz CT molecular complexity index is 56.3. The van der Waals surface area contributed by atoms with Crippen molar-refractivity contribution in [2.24, 2.45) is 0 Å². The minimum atomic E-state index is -0.378. The Labute approximate surface area is 55.3 Å².